The Kier molecular flexibility index (Phi) is 6.11. The Hall–Kier alpha value is 1.59. The van der Waals surface area contributed by atoms with Gasteiger partial charge in [-0.15, -0.1) is 0 Å². The Morgan fingerprint density at radius 3 is 1.40 bits per heavy atom. The molecule has 0 aliphatic rings. The molecule has 0 aromatic rings. The normalized spacial score (nSPS) is 14.4. The number of hydrogen-bond acceptors (Lipinski definition) is 0. The van der Waals surface area contributed by atoms with Crippen LogP contribution >= 0.6 is 67.5 Å². The molecular weight excluding hydrogens is 261 g/mol. The number of rotatable bonds is 0. The van der Waals surface area contributed by atoms with Gasteiger partial charge in [0.2, 0.25) is 0 Å². The molecule has 0 aliphatic heterocycles. The summed E-state index contributed by atoms with van der Waals surface area (Å²) in [5, 5.41) is 0.216. The van der Waals surface area contributed by atoms with Gasteiger partial charge in [0.15, 0.2) is 5.11 Å². The van der Waals surface area contributed by atoms with Crippen LogP contribution in [0.1, 0.15) is 0 Å². The molecule has 0 rings (SSSR count). The molecule has 0 bridgehead atoms. The Labute approximate surface area is 86.4 Å². The maximum Gasteiger partial charge on any atom is 0.163 e. The van der Waals surface area contributed by atoms with Gasteiger partial charge < -0.3 is 0 Å². The zero-order valence-electron chi connectivity index (χ0n) is 4.69. The number of nitrogens with zero attached hydrogens (tertiary/aromatic N) is 2. The largest absolute Gasteiger partial charge is 0.163 e. The summed E-state index contributed by atoms with van der Waals surface area (Å²) in [5.74, 6) is 0. The smallest absolute Gasteiger partial charge is 0.0790 e. The lowest BCUT2D eigenvalue weighted by Gasteiger charge is -2.12. The van der Waals surface area contributed by atoms with Gasteiger partial charge in [-0.1, -0.05) is 17.6 Å². The molecule has 2 nitrogen and oxygen atoms in total. The second-order valence-electron chi connectivity index (χ2n) is 1.18. The summed E-state index contributed by atoms with van der Waals surface area (Å²) in [6, 6.07) is 0. The minimum Gasteiger partial charge on any atom is -0.0790 e. The topological polar surface area (TPSA) is 6.48 Å². The van der Waals surface area contributed by atoms with Crippen molar-refractivity contribution in [2.24, 2.45) is 0 Å². The third-order valence-corrected chi connectivity index (χ3v) is 2.86. The van der Waals surface area contributed by atoms with Crippen molar-refractivity contribution in [3.8, 4) is 0 Å². The molecule has 62 valence electrons. The van der Waals surface area contributed by atoms with E-state index in [1.165, 1.54) is 0 Å². The van der Waals surface area contributed by atoms with Crippen molar-refractivity contribution in [3.05, 3.63) is 0 Å². The fourth-order valence-corrected chi connectivity index (χ4v) is 3.16. The quantitative estimate of drug-likeness (QED) is 0.489. The maximum atomic E-state index is 5.60. The van der Waals surface area contributed by atoms with Crippen molar-refractivity contribution in [1.29, 1.82) is 0 Å². The summed E-state index contributed by atoms with van der Waals surface area (Å²) in [4.78, 5) is 0. The molecule has 0 amide bonds. The van der Waals surface area contributed by atoms with E-state index in [4.69, 9.17) is 57.8 Å². The van der Waals surface area contributed by atoms with Crippen LogP contribution in [0.25, 0.3) is 0 Å². The summed E-state index contributed by atoms with van der Waals surface area (Å²) < 4.78 is 1.44. The average molecular weight is 264 g/mol. The van der Waals surface area contributed by atoms with Crippen molar-refractivity contribution in [3.63, 3.8) is 0 Å². The van der Waals surface area contributed by atoms with Crippen molar-refractivity contribution >= 4 is 72.6 Å². The first-order valence-electron chi connectivity index (χ1n) is 1.89. The SMILES string of the molecule is CS(Cl)=C(N(Cl)Cl)N(Cl)Cl. The van der Waals surface area contributed by atoms with E-state index in [0.29, 0.717) is 0 Å². The van der Waals surface area contributed by atoms with E-state index in [1.54, 1.807) is 6.26 Å². The van der Waals surface area contributed by atoms with Crippen LogP contribution in [0.2, 0.25) is 0 Å². The third-order valence-electron chi connectivity index (χ3n) is 0.541. The standard InChI is InChI=1S/C2H3Cl5N2S/c1-10(7)2(8(3)4)9(5)6/h1H3. The van der Waals surface area contributed by atoms with Crippen LogP contribution in [0, 0.1) is 0 Å². The highest BCUT2D eigenvalue weighted by Gasteiger charge is 2.14. The van der Waals surface area contributed by atoms with Gasteiger partial charge in [0.25, 0.3) is 0 Å². The van der Waals surface area contributed by atoms with E-state index >= 15 is 0 Å². The molecule has 0 N–H and O–H groups in total. The lowest BCUT2D eigenvalue weighted by Crippen LogP contribution is -2.20. The van der Waals surface area contributed by atoms with Crippen LogP contribution in [0.4, 0.5) is 0 Å². The summed E-state index contributed by atoms with van der Waals surface area (Å²) in [7, 11) is 4.90. The van der Waals surface area contributed by atoms with Crippen LogP contribution in [0.15, 0.2) is 0 Å². The molecule has 0 heterocycles. The maximum absolute atomic E-state index is 5.60. The van der Waals surface area contributed by atoms with Crippen molar-refractivity contribution in [2.75, 3.05) is 6.26 Å². The van der Waals surface area contributed by atoms with Crippen LogP contribution in [-0.2, 0) is 0 Å². The molecule has 0 fully saturated rings. The Balaban J connectivity index is 4.44. The van der Waals surface area contributed by atoms with Gasteiger partial charge in [0.05, 0.1) is 0 Å². The predicted molar refractivity (Wildman–Crippen MR) is 51.5 cm³/mol. The number of halogens is 5. The molecule has 10 heavy (non-hydrogen) atoms. The van der Waals surface area contributed by atoms with E-state index in [1.807, 2.05) is 0 Å². The lowest BCUT2D eigenvalue weighted by atomic mass is 11.2. The highest BCUT2D eigenvalue weighted by atomic mass is 35.7. The van der Waals surface area contributed by atoms with Gasteiger partial charge >= 0.3 is 0 Å². The predicted octanol–water partition coefficient (Wildman–Crippen LogP) is 3.35. The summed E-state index contributed by atoms with van der Waals surface area (Å²) >= 11 is 21.2. The second-order valence-corrected chi connectivity index (χ2v) is 5.51. The fourth-order valence-electron chi connectivity index (χ4n) is 0.247. The van der Waals surface area contributed by atoms with Gasteiger partial charge in [-0.3, -0.25) is 0 Å². The molecule has 0 saturated heterocycles. The minimum atomic E-state index is -0.701. The van der Waals surface area contributed by atoms with Crippen molar-refractivity contribution in [2.45, 2.75) is 0 Å². The molecule has 0 aromatic carbocycles. The minimum absolute atomic E-state index is 0.216. The molecule has 0 radical (unpaired) electrons. The summed E-state index contributed by atoms with van der Waals surface area (Å²) in [5.41, 5.74) is 0. The molecule has 0 saturated carbocycles. The number of hydrogen-bond donors (Lipinski definition) is 0. The van der Waals surface area contributed by atoms with Gasteiger partial charge in [-0.25, -0.2) is 0 Å². The first kappa shape index (κ1) is 11.6. The van der Waals surface area contributed by atoms with Gasteiger partial charge in [0.1, 0.15) is 0 Å². The first-order valence-corrected chi connectivity index (χ1v) is 5.70. The summed E-state index contributed by atoms with van der Waals surface area (Å²) in [6.45, 7) is 0. The Morgan fingerprint density at radius 2 is 1.40 bits per heavy atom. The fraction of sp³-hybridized carbons (Fsp3) is 0.500. The van der Waals surface area contributed by atoms with Crippen LogP contribution in [0.5, 0.6) is 0 Å². The van der Waals surface area contributed by atoms with E-state index in [9.17, 15) is 0 Å². The monoisotopic (exact) mass is 262 g/mol. The van der Waals surface area contributed by atoms with Gasteiger partial charge in [0, 0.05) is 47.1 Å². The van der Waals surface area contributed by atoms with E-state index in [0.717, 1.165) is 7.88 Å². The molecule has 8 heteroatoms. The highest BCUT2D eigenvalue weighted by Crippen LogP contribution is 2.24. The Bertz CT molecular complexity index is 131. The Morgan fingerprint density at radius 1 is 1.10 bits per heavy atom. The molecular formula is C2H3Cl5N2S. The first-order chi connectivity index (χ1) is 4.46. The zero-order valence-corrected chi connectivity index (χ0v) is 9.29. The molecule has 0 aromatic heterocycles. The van der Waals surface area contributed by atoms with Crippen molar-refractivity contribution < 1.29 is 0 Å². The lowest BCUT2D eigenvalue weighted by molar-refractivity contribution is 0.932. The second kappa shape index (κ2) is 5.27. The van der Waals surface area contributed by atoms with Crippen LogP contribution in [0.3, 0.4) is 0 Å². The molecule has 1 unspecified atom stereocenters. The van der Waals surface area contributed by atoms with Crippen LogP contribution in [-0.4, -0.2) is 19.2 Å². The molecule has 0 aliphatic carbocycles. The van der Waals surface area contributed by atoms with E-state index in [-0.39, 0.29) is 5.11 Å². The van der Waals surface area contributed by atoms with Crippen LogP contribution < -0.4 is 0 Å². The molecule has 0 spiro atoms. The summed E-state index contributed by atoms with van der Waals surface area (Å²) in [6.07, 6.45) is 1.66. The zero-order chi connectivity index (χ0) is 8.31. The third kappa shape index (κ3) is 3.83. The molecule has 1 atom stereocenters. The van der Waals surface area contributed by atoms with Gasteiger partial charge in [-0.2, -0.15) is 0 Å². The highest BCUT2D eigenvalue weighted by molar-refractivity contribution is 8.34. The van der Waals surface area contributed by atoms with E-state index < -0.39 is 9.70 Å². The van der Waals surface area contributed by atoms with Gasteiger partial charge in [-0.05, 0) is 16.9 Å². The van der Waals surface area contributed by atoms with E-state index in [2.05, 4.69) is 0 Å². The average Bonchev–Trinajstić information content (AvgIpc) is 1.59. The van der Waals surface area contributed by atoms with Crippen molar-refractivity contribution in [1.82, 2.24) is 7.88 Å².